The molecule has 8 heteroatoms. The van der Waals surface area contributed by atoms with E-state index < -0.39 is 16.9 Å². The maximum Gasteiger partial charge on any atom is 0.333 e. The number of hydrogen-bond donors (Lipinski definition) is 0. The Morgan fingerprint density at radius 1 is 1.33 bits per heavy atom. The molecular weight excluding hydrogens is 338 g/mol. The van der Waals surface area contributed by atoms with Gasteiger partial charge in [-0.3, -0.25) is 10.1 Å². The van der Waals surface area contributed by atoms with Crippen molar-refractivity contribution >= 4 is 35.3 Å². The van der Waals surface area contributed by atoms with E-state index in [0.29, 0.717) is 17.6 Å². The van der Waals surface area contributed by atoms with Crippen LogP contribution in [0.2, 0.25) is 5.02 Å². The highest BCUT2D eigenvalue weighted by Gasteiger charge is 2.11. The number of nitrogens with zero attached hydrogens (tertiary/aromatic N) is 1. The van der Waals surface area contributed by atoms with Gasteiger partial charge in [0.15, 0.2) is 0 Å². The summed E-state index contributed by atoms with van der Waals surface area (Å²) >= 11 is 5.70. The van der Waals surface area contributed by atoms with Gasteiger partial charge >= 0.3 is 11.9 Å². The van der Waals surface area contributed by atoms with Gasteiger partial charge in [-0.05, 0) is 24.6 Å². The molecule has 128 valence electrons. The minimum absolute atomic E-state index is 0.0176. The molecule has 1 aromatic carbocycles. The first-order valence-electron chi connectivity index (χ1n) is 6.92. The maximum absolute atomic E-state index is 11.5. The Kier molecular flexibility index (Phi) is 7.64. The Morgan fingerprint density at radius 2 is 2.00 bits per heavy atom. The average molecular weight is 354 g/mol. The molecule has 0 spiro atoms. The summed E-state index contributed by atoms with van der Waals surface area (Å²) in [5.74, 6) is -1.11. The molecule has 0 bridgehead atoms. The molecule has 0 unspecified atom stereocenters. The number of hydrogen-bond acceptors (Lipinski definition) is 6. The SMILES string of the molecule is C=C(C)C(=O)OCCCOC(=O)/C=C/c1ccc(Cl)c([N+](=O)[O-])c1. The molecule has 0 aromatic heterocycles. The number of carbonyl (C=O) groups excluding carboxylic acids is 2. The first-order chi connectivity index (χ1) is 11.3. The van der Waals surface area contributed by atoms with Crippen LogP contribution in [0.3, 0.4) is 0 Å². The normalized spacial score (nSPS) is 10.4. The molecular formula is C16H16ClNO6. The Morgan fingerprint density at radius 3 is 2.62 bits per heavy atom. The number of ether oxygens (including phenoxy) is 2. The zero-order valence-corrected chi connectivity index (χ0v) is 13.7. The summed E-state index contributed by atoms with van der Waals surface area (Å²) in [4.78, 5) is 32.8. The molecule has 0 aliphatic carbocycles. The molecule has 1 aromatic rings. The molecule has 0 heterocycles. The summed E-state index contributed by atoms with van der Waals surface area (Å²) < 4.78 is 9.75. The molecule has 0 radical (unpaired) electrons. The van der Waals surface area contributed by atoms with E-state index >= 15 is 0 Å². The van der Waals surface area contributed by atoms with Crippen molar-refractivity contribution in [2.24, 2.45) is 0 Å². The number of carbonyl (C=O) groups is 2. The second-order valence-corrected chi connectivity index (χ2v) is 5.15. The summed E-state index contributed by atoms with van der Waals surface area (Å²) in [6.45, 7) is 5.17. The third-order valence-electron chi connectivity index (χ3n) is 2.69. The van der Waals surface area contributed by atoms with Gasteiger partial charge in [0.1, 0.15) is 5.02 Å². The smallest absolute Gasteiger partial charge is 0.333 e. The molecule has 1 rings (SSSR count). The first-order valence-corrected chi connectivity index (χ1v) is 7.30. The fraction of sp³-hybridized carbons (Fsp3) is 0.250. The van der Waals surface area contributed by atoms with Crippen molar-refractivity contribution in [3.05, 3.63) is 57.1 Å². The lowest BCUT2D eigenvalue weighted by Crippen LogP contribution is -2.09. The number of nitro groups is 1. The van der Waals surface area contributed by atoms with Crippen molar-refractivity contribution in [2.45, 2.75) is 13.3 Å². The minimum Gasteiger partial charge on any atom is -0.462 e. The molecule has 0 saturated heterocycles. The Bertz CT molecular complexity index is 683. The zero-order valence-electron chi connectivity index (χ0n) is 13.0. The lowest BCUT2D eigenvalue weighted by Gasteiger charge is -2.04. The van der Waals surface area contributed by atoms with Gasteiger partial charge in [0.2, 0.25) is 0 Å². The van der Waals surface area contributed by atoms with Gasteiger partial charge in [-0.2, -0.15) is 0 Å². The van der Waals surface area contributed by atoms with Crippen molar-refractivity contribution in [1.82, 2.24) is 0 Å². The average Bonchev–Trinajstić information content (AvgIpc) is 2.53. The van der Waals surface area contributed by atoms with Crippen LogP contribution in [0.4, 0.5) is 5.69 Å². The molecule has 24 heavy (non-hydrogen) atoms. The van der Waals surface area contributed by atoms with E-state index in [9.17, 15) is 19.7 Å². The van der Waals surface area contributed by atoms with Crippen molar-refractivity contribution in [2.75, 3.05) is 13.2 Å². The Balaban J connectivity index is 2.41. The molecule has 0 aliphatic rings. The fourth-order valence-corrected chi connectivity index (χ4v) is 1.69. The number of benzene rings is 1. The molecule has 0 atom stereocenters. The maximum atomic E-state index is 11.5. The van der Waals surface area contributed by atoms with Gasteiger partial charge in [-0.15, -0.1) is 0 Å². The second-order valence-electron chi connectivity index (χ2n) is 4.74. The summed E-state index contributed by atoms with van der Waals surface area (Å²) in [5, 5.41) is 10.8. The van der Waals surface area contributed by atoms with Gasteiger partial charge in [0.25, 0.3) is 5.69 Å². The largest absolute Gasteiger partial charge is 0.462 e. The van der Waals surface area contributed by atoms with Crippen LogP contribution in [0, 0.1) is 10.1 Å². The predicted octanol–water partition coefficient (Wildman–Crippen LogP) is 3.31. The van der Waals surface area contributed by atoms with Crippen LogP contribution in [-0.4, -0.2) is 30.1 Å². The van der Waals surface area contributed by atoms with Crippen LogP contribution < -0.4 is 0 Å². The highest BCUT2D eigenvalue weighted by molar-refractivity contribution is 6.32. The van der Waals surface area contributed by atoms with Crippen LogP contribution in [0.25, 0.3) is 6.08 Å². The van der Waals surface area contributed by atoms with Crippen LogP contribution in [0.5, 0.6) is 0 Å². The summed E-state index contributed by atoms with van der Waals surface area (Å²) in [7, 11) is 0. The lowest BCUT2D eigenvalue weighted by atomic mass is 10.2. The molecule has 0 N–H and O–H groups in total. The van der Waals surface area contributed by atoms with Crippen molar-refractivity contribution in [1.29, 1.82) is 0 Å². The summed E-state index contributed by atoms with van der Waals surface area (Å²) in [5.41, 5.74) is 0.497. The quantitative estimate of drug-likeness (QED) is 0.234. The van der Waals surface area contributed by atoms with Gasteiger partial charge in [-0.1, -0.05) is 24.2 Å². The zero-order chi connectivity index (χ0) is 18.1. The highest BCUT2D eigenvalue weighted by Crippen LogP contribution is 2.25. The Hall–Kier alpha value is -2.67. The van der Waals surface area contributed by atoms with Gasteiger partial charge in [0, 0.05) is 24.1 Å². The second kappa shape index (κ2) is 9.46. The summed E-state index contributed by atoms with van der Waals surface area (Å²) in [6, 6.07) is 4.17. The fourth-order valence-electron chi connectivity index (χ4n) is 1.51. The predicted molar refractivity (Wildman–Crippen MR) is 88.5 cm³/mol. The van der Waals surface area contributed by atoms with E-state index in [2.05, 4.69) is 6.58 Å². The van der Waals surface area contributed by atoms with Gasteiger partial charge in [-0.25, -0.2) is 9.59 Å². The molecule has 0 fully saturated rings. The van der Waals surface area contributed by atoms with Crippen molar-refractivity contribution in [3.63, 3.8) is 0 Å². The van der Waals surface area contributed by atoms with E-state index in [1.54, 1.807) is 0 Å². The molecule has 0 saturated carbocycles. The van der Waals surface area contributed by atoms with E-state index in [4.69, 9.17) is 21.1 Å². The van der Waals surface area contributed by atoms with Crippen LogP contribution in [0.1, 0.15) is 18.9 Å². The van der Waals surface area contributed by atoms with Crippen molar-refractivity contribution < 1.29 is 24.0 Å². The number of rotatable bonds is 8. The standard InChI is InChI=1S/C16H16ClNO6/c1-11(2)16(20)24-9-3-8-23-15(19)7-5-12-4-6-13(17)14(10-12)18(21)22/h4-7,10H,1,3,8-9H2,2H3/b7-5+. The van der Waals surface area contributed by atoms with Crippen molar-refractivity contribution in [3.8, 4) is 0 Å². The first kappa shape index (κ1) is 19.4. The van der Waals surface area contributed by atoms with Crippen LogP contribution in [0.15, 0.2) is 36.4 Å². The molecule has 7 nitrogen and oxygen atoms in total. The van der Waals surface area contributed by atoms with E-state index in [1.165, 1.54) is 31.2 Å². The van der Waals surface area contributed by atoms with E-state index in [-0.39, 0.29) is 23.9 Å². The lowest BCUT2D eigenvalue weighted by molar-refractivity contribution is -0.384. The monoisotopic (exact) mass is 353 g/mol. The third kappa shape index (κ3) is 6.62. The number of esters is 2. The topological polar surface area (TPSA) is 95.7 Å². The number of halogens is 1. The van der Waals surface area contributed by atoms with Gasteiger partial charge in [0.05, 0.1) is 18.1 Å². The minimum atomic E-state index is -0.612. The van der Waals surface area contributed by atoms with Gasteiger partial charge < -0.3 is 9.47 Å². The van der Waals surface area contributed by atoms with E-state index in [0.717, 1.165) is 6.08 Å². The molecule has 0 amide bonds. The Labute approximate surface area is 143 Å². The van der Waals surface area contributed by atoms with Crippen LogP contribution in [-0.2, 0) is 19.1 Å². The molecule has 0 aliphatic heterocycles. The highest BCUT2D eigenvalue weighted by atomic mass is 35.5. The third-order valence-corrected chi connectivity index (χ3v) is 3.01. The summed E-state index contributed by atoms with van der Waals surface area (Å²) in [6.07, 6.45) is 2.88. The van der Waals surface area contributed by atoms with Crippen LogP contribution >= 0.6 is 11.6 Å². The number of nitro benzene ring substituents is 1. The van der Waals surface area contributed by atoms with E-state index in [1.807, 2.05) is 0 Å².